The molecule has 0 radical (unpaired) electrons. The molecule has 0 bridgehead atoms. The average Bonchev–Trinajstić information content (AvgIpc) is 2.77. The Morgan fingerprint density at radius 1 is 1.47 bits per heavy atom. The third-order valence-electron chi connectivity index (χ3n) is 2.53. The fraction of sp³-hybridized carbons (Fsp3) is 0.333. The minimum absolute atomic E-state index is 0.314. The van der Waals surface area contributed by atoms with Gasteiger partial charge in [0.2, 0.25) is 0 Å². The molecule has 2 aromatic rings. The molecule has 0 aromatic carbocycles. The normalized spacial score (nSPS) is 12.4. The van der Waals surface area contributed by atoms with Gasteiger partial charge in [0.1, 0.15) is 17.3 Å². The van der Waals surface area contributed by atoms with Gasteiger partial charge < -0.3 is 5.32 Å². The minimum Gasteiger partial charge on any atom is -0.367 e. The molecule has 3 nitrogen and oxygen atoms in total. The van der Waals surface area contributed by atoms with Crippen molar-refractivity contribution >= 4 is 28.8 Å². The quantitative estimate of drug-likeness (QED) is 0.861. The van der Waals surface area contributed by atoms with Crippen LogP contribution in [-0.2, 0) is 6.42 Å². The standard InChI is InChI=1S/C12H14ClN3S/c1-8(5-10-3-4-17-6-10)16-12-9(2)11(13)14-7-15-12/h3-4,6-8H,5H2,1-2H3,(H,14,15,16). The van der Waals surface area contributed by atoms with Crippen molar-refractivity contribution in [3.05, 3.63) is 39.4 Å². The monoisotopic (exact) mass is 267 g/mol. The molecule has 90 valence electrons. The lowest BCUT2D eigenvalue weighted by Gasteiger charge is -2.15. The predicted molar refractivity (Wildman–Crippen MR) is 72.9 cm³/mol. The highest BCUT2D eigenvalue weighted by atomic mass is 35.5. The van der Waals surface area contributed by atoms with Crippen LogP contribution < -0.4 is 5.32 Å². The predicted octanol–water partition coefficient (Wildman–Crippen LogP) is 3.54. The molecule has 1 unspecified atom stereocenters. The average molecular weight is 268 g/mol. The molecule has 0 fully saturated rings. The molecule has 2 heterocycles. The second kappa shape index (κ2) is 5.47. The van der Waals surface area contributed by atoms with Crippen LogP contribution in [0.5, 0.6) is 0 Å². The van der Waals surface area contributed by atoms with E-state index in [1.54, 1.807) is 11.3 Å². The number of halogens is 1. The number of hydrogen-bond acceptors (Lipinski definition) is 4. The smallest absolute Gasteiger partial charge is 0.137 e. The molecule has 2 aromatic heterocycles. The van der Waals surface area contributed by atoms with Crippen LogP contribution in [0.2, 0.25) is 5.15 Å². The molecule has 0 aliphatic carbocycles. The summed E-state index contributed by atoms with van der Waals surface area (Å²) in [4.78, 5) is 8.14. The van der Waals surface area contributed by atoms with Gasteiger partial charge in [0.15, 0.2) is 0 Å². The van der Waals surface area contributed by atoms with E-state index in [0.717, 1.165) is 17.8 Å². The summed E-state index contributed by atoms with van der Waals surface area (Å²) in [6.07, 6.45) is 2.46. The van der Waals surface area contributed by atoms with Gasteiger partial charge in [-0.3, -0.25) is 0 Å². The van der Waals surface area contributed by atoms with Crippen molar-refractivity contribution in [2.45, 2.75) is 26.3 Å². The number of thiophene rings is 1. The zero-order valence-corrected chi connectivity index (χ0v) is 11.3. The summed E-state index contributed by atoms with van der Waals surface area (Å²) in [5, 5.41) is 8.12. The van der Waals surface area contributed by atoms with Crippen molar-refractivity contribution < 1.29 is 0 Å². The molecule has 1 atom stereocenters. The number of nitrogens with one attached hydrogen (secondary N) is 1. The first-order valence-electron chi connectivity index (χ1n) is 5.41. The van der Waals surface area contributed by atoms with Gasteiger partial charge >= 0.3 is 0 Å². The fourth-order valence-corrected chi connectivity index (χ4v) is 2.44. The Bertz CT molecular complexity index is 485. The molecule has 0 spiro atoms. The molecular formula is C12H14ClN3S. The van der Waals surface area contributed by atoms with Gasteiger partial charge in [-0.25, -0.2) is 9.97 Å². The summed E-state index contributed by atoms with van der Waals surface area (Å²) in [5.41, 5.74) is 2.24. The summed E-state index contributed by atoms with van der Waals surface area (Å²) in [5.74, 6) is 0.813. The second-order valence-electron chi connectivity index (χ2n) is 4.02. The Hall–Kier alpha value is -1.13. The zero-order chi connectivity index (χ0) is 12.3. The molecule has 0 saturated heterocycles. The molecule has 17 heavy (non-hydrogen) atoms. The summed E-state index contributed by atoms with van der Waals surface area (Å²) in [7, 11) is 0. The van der Waals surface area contributed by atoms with Gasteiger partial charge in [-0.2, -0.15) is 11.3 Å². The van der Waals surface area contributed by atoms with Crippen molar-refractivity contribution in [1.29, 1.82) is 0 Å². The van der Waals surface area contributed by atoms with E-state index in [-0.39, 0.29) is 0 Å². The van der Waals surface area contributed by atoms with Crippen molar-refractivity contribution in [3.63, 3.8) is 0 Å². The van der Waals surface area contributed by atoms with E-state index in [9.17, 15) is 0 Å². The Balaban J connectivity index is 2.03. The maximum Gasteiger partial charge on any atom is 0.137 e. The molecule has 0 saturated carbocycles. The topological polar surface area (TPSA) is 37.8 Å². The van der Waals surface area contributed by atoms with Crippen molar-refractivity contribution in [2.75, 3.05) is 5.32 Å². The van der Waals surface area contributed by atoms with Crippen molar-refractivity contribution in [1.82, 2.24) is 9.97 Å². The Labute approximate surface area is 110 Å². The maximum atomic E-state index is 5.95. The molecule has 2 rings (SSSR count). The second-order valence-corrected chi connectivity index (χ2v) is 5.16. The van der Waals surface area contributed by atoms with Crippen LogP contribution in [0.4, 0.5) is 5.82 Å². The largest absolute Gasteiger partial charge is 0.367 e. The molecule has 1 N–H and O–H groups in total. The number of rotatable bonds is 4. The van der Waals surface area contributed by atoms with Gasteiger partial charge in [0.05, 0.1) is 0 Å². The van der Waals surface area contributed by atoms with E-state index in [0.29, 0.717) is 11.2 Å². The van der Waals surface area contributed by atoms with E-state index in [2.05, 4.69) is 39.0 Å². The van der Waals surface area contributed by atoms with Crippen molar-refractivity contribution in [3.8, 4) is 0 Å². The van der Waals surface area contributed by atoms with E-state index >= 15 is 0 Å². The summed E-state index contributed by atoms with van der Waals surface area (Å²) >= 11 is 7.67. The first kappa shape index (κ1) is 12.3. The van der Waals surface area contributed by atoms with E-state index in [1.165, 1.54) is 11.9 Å². The lowest BCUT2D eigenvalue weighted by Crippen LogP contribution is -2.19. The van der Waals surface area contributed by atoms with Gasteiger partial charge in [-0.05, 0) is 42.7 Å². The van der Waals surface area contributed by atoms with Crippen LogP contribution in [0.15, 0.2) is 23.2 Å². The molecular weight excluding hydrogens is 254 g/mol. The molecule has 5 heteroatoms. The van der Waals surface area contributed by atoms with E-state index in [4.69, 9.17) is 11.6 Å². The highest BCUT2D eigenvalue weighted by Gasteiger charge is 2.09. The summed E-state index contributed by atoms with van der Waals surface area (Å²) in [6.45, 7) is 4.05. The zero-order valence-electron chi connectivity index (χ0n) is 9.77. The number of aromatic nitrogens is 2. The van der Waals surface area contributed by atoms with Crippen LogP contribution in [0.3, 0.4) is 0 Å². The molecule has 0 aliphatic rings. The van der Waals surface area contributed by atoms with Crippen LogP contribution in [0, 0.1) is 6.92 Å². The lowest BCUT2D eigenvalue weighted by molar-refractivity contribution is 0.784. The molecule has 0 amide bonds. The van der Waals surface area contributed by atoms with E-state index in [1.807, 2.05) is 6.92 Å². The fourth-order valence-electron chi connectivity index (χ4n) is 1.62. The van der Waals surface area contributed by atoms with Gasteiger partial charge in [-0.1, -0.05) is 11.6 Å². The van der Waals surface area contributed by atoms with Crippen LogP contribution >= 0.6 is 22.9 Å². The van der Waals surface area contributed by atoms with Gasteiger partial charge in [0.25, 0.3) is 0 Å². The Kier molecular flexibility index (Phi) is 3.97. The van der Waals surface area contributed by atoms with E-state index < -0.39 is 0 Å². The lowest BCUT2D eigenvalue weighted by atomic mass is 10.1. The third-order valence-corrected chi connectivity index (χ3v) is 3.64. The SMILES string of the molecule is Cc1c(Cl)ncnc1NC(C)Cc1ccsc1. The van der Waals surface area contributed by atoms with Gasteiger partial charge in [0, 0.05) is 11.6 Å². The third kappa shape index (κ3) is 3.17. The Morgan fingerprint density at radius 3 is 3.00 bits per heavy atom. The number of anilines is 1. The number of hydrogen-bond donors (Lipinski definition) is 1. The Morgan fingerprint density at radius 2 is 2.29 bits per heavy atom. The van der Waals surface area contributed by atoms with Gasteiger partial charge in [-0.15, -0.1) is 0 Å². The molecule has 0 aliphatic heterocycles. The van der Waals surface area contributed by atoms with Crippen LogP contribution in [-0.4, -0.2) is 16.0 Å². The van der Waals surface area contributed by atoms with Crippen LogP contribution in [0.25, 0.3) is 0 Å². The number of nitrogens with zero attached hydrogens (tertiary/aromatic N) is 2. The first-order valence-corrected chi connectivity index (χ1v) is 6.73. The van der Waals surface area contributed by atoms with Crippen LogP contribution in [0.1, 0.15) is 18.1 Å². The highest BCUT2D eigenvalue weighted by Crippen LogP contribution is 2.19. The summed E-state index contributed by atoms with van der Waals surface area (Å²) < 4.78 is 0. The van der Waals surface area contributed by atoms with Crippen molar-refractivity contribution in [2.24, 2.45) is 0 Å². The minimum atomic E-state index is 0.314. The highest BCUT2D eigenvalue weighted by molar-refractivity contribution is 7.07. The summed E-state index contributed by atoms with van der Waals surface area (Å²) in [6, 6.07) is 2.46. The maximum absolute atomic E-state index is 5.95. The first-order chi connectivity index (χ1) is 8.16.